The van der Waals surface area contributed by atoms with E-state index in [1.54, 1.807) is 62.1 Å². The van der Waals surface area contributed by atoms with E-state index in [0.717, 1.165) is 0 Å². The summed E-state index contributed by atoms with van der Waals surface area (Å²) in [4.78, 5) is 25.3. The summed E-state index contributed by atoms with van der Waals surface area (Å²) in [5.74, 6) is 0.447. The summed E-state index contributed by atoms with van der Waals surface area (Å²) >= 11 is 0. The molecular weight excluding hydrogens is 513 g/mol. The maximum Gasteiger partial charge on any atom is 0.459 e. The molecule has 2 aromatic heterocycles. The van der Waals surface area contributed by atoms with E-state index in [0.29, 0.717) is 29.2 Å². The third kappa shape index (κ3) is 6.41. The van der Waals surface area contributed by atoms with Gasteiger partial charge in [-0.15, -0.1) is 0 Å². The van der Waals surface area contributed by atoms with E-state index in [1.165, 1.54) is 6.92 Å². The van der Waals surface area contributed by atoms with E-state index in [1.807, 2.05) is 6.92 Å². The van der Waals surface area contributed by atoms with Gasteiger partial charge in [-0.3, -0.25) is 13.9 Å². The number of para-hydroxylation sites is 1. The standard InChI is InChI=1S/C24H34N7O6P/c1-14(2)35-23(32)16(4)30-38(33,37-17-9-7-6-8-10-17)34-12-18-11-15(3)22(36-18)31-13-27-19-20(26-5)28-24(25)29-21(19)31/h6-10,13-16,18,22H,11-12H2,1-5H3,(H,30,33)(H3,25,26,28,29)/t15-,16+,18-,22+,38-/m0/s1. The van der Waals surface area contributed by atoms with Crippen molar-refractivity contribution in [3.8, 4) is 5.75 Å². The predicted octanol–water partition coefficient (Wildman–Crippen LogP) is 3.51. The number of nitrogens with two attached hydrogens (primary N) is 1. The second-order valence-corrected chi connectivity index (χ2v) is 11.1. The van der Waals surface area contributed by atoms with E-state index >= 15 is 0 Å². The monoisotopic (exact) mass is 547 g/mol. The van der Waals surface area contributed by atoms with E-state index in [9.17, 15) is 9.36 Å². The van der Waals surface area contributed by atoms with E-state index in [-0.39, 0.29) is 24.6 Å². The lowest BCUT2D eigenvalue weighted by Gasteiger charge is -2.24. The highest BCUT2D eigenvalue weighted by Crippen LogP contribution is 2.46. The van der Waals surface area contributed by atoms with E-state index < -0.39 is 32.1 Å². The van der Waals surface area contributed by atoms with Crippen LogP contribution in [0.25, 0.3) is 11.2 Å². The number of nitrogens with zero attached hydrogens (tertiary/aromatic N) is 4. The highest BCUT2D eigenvalue weighted by atomic mass is 31.2. The fourth-order valence-corrected chi connectivity index (χ4v) is 5.70. The smallest absolute Gasteiger partial charge is 0.459 e. The van der Waals surface area contributed by atoms with Gasteiger partial charge in [0.1, 0.15) is 18.0 Å². The average molecular weight is 548 g/mol. The molecule has 1 fully saturated rings. The van der Waals surface area contributed by atoms with Crippen molar-refractivity contribution in [2.45, 2.75) is 58.6 Å². The zero-order valence-corrected chi connectivity index (χ0v) is 22.9. The second-order valence-electron chi connectivity index (χ2n) is 9.40. The Morgan fingerprint density at radius 3 is 2.68 bits per heavy atom. The van der Waals surface area contributed by atoms with Gasteiger partial charge in [0.2, 0.25) is 5.95 Å². The predicted molar refractivity (Wildman–Crippen MR) is 141 cm³/mol. The third-order valence-corrected chi connectivity index (χ3v) is 7.50. The molecular formula is C24H34N7O6P. The van der Waals surface area contributed by atoms with Crippen molar-refractivity contribution in [2.24, 2.45) is 5.92 Å². The lowest BCUT2D eigenvalue weighted by Crippen LogP contribution is -2.36. The number of anilines is 2. The van der Waals surface area contributed by atoms with Crippen LogP contribution in [0.2, 0.25) is 0 Å². The Morgan fingerprint density at radius 1 is 1.26 bits per heavy atom. The zero-order chi connectivity index (χ0) is 27.4. The van der Waals surface area contributed by atoms with Crippen molar-refractivity contribution < 1.29 is 27.9 Å². The molecule has 1 saturated heterocycles. The van der Waals surface area contributed by atoms with Crippen LogP contribution in [0.5, 0.6) is 5.75 Å². The molecule has 0 radical (unpaired) electrons. The molecule has 206 valence electrons. The maximum absolute atomic E-state index is 13.7. The molecule has 3 aromatic rings. The lowest BCUT2D eigenvalue weighted by atomic mass is 10.1. The fraction of sp³-hybridized carbons (Fsp3) is 0.500. The Kier molecular flexibility index (Phi) is 8.51. The number of esters is 1. The van der Waals surface area contributed by atoms with Crippen molar-refractivity contribution in [3.63, 3.8) is 0 Å². The first-order chi connectivity index (χ1) is 18.1. The number of rotatable bonds is 11. The Balaban J connectivity index is 1.48. The normalized spacial score (nSPS) is 21.8. The van der Waals surface area contributed by atoms with Crippen LogP contribution in [0, 0.1) is 5.92 Å². The van der Waals surface area contributed by atoms with Crippen molar-refractivity contribution in [1.29, 1.82) is 0 Å². The second kappa shape index (κ2) is 11.6. The number of benzene rings is 1. The number of nitrogen functional groups attached to an aromatic ring is 1. The molecule has 0 unspecified atom stereocenters. The number of carbonyl (C=O) groups excluding carboxylic acids is 1. The summed E-state index contributed by atoms with van der Waals surface area (Å²) in [5, 5.41) is 5.66. The Morgan fingerprint density at radius 2 is 2.00 bits per heavy atom. The first kappa shape index (κ1) is 27.8. The van der Waals surface area contributed by atoms with Crippen LogP contribution in [-0.2, 0) is 23.4 Å². The van der Waals surface area contributed by atoms with Crippen LogP contribution >= 0.6 is 7.75 Å². The van der Waals surface area contributed by atoms with Crippen molar-refractivity contribution in [3.05, 3.63) is 36.7 Å². The first-order valence-corrected chi connectivity index (χ1v) is 13.9. The van der Waals surface area contributed by atoms with E-state index in [2.05, 4.69) is 25.4 Å². The molecule has 13 nitrogen and oxygen atoms in total. The summed E-state index contributed by atoms with van der Waals surface area (Å²) in [5.41, 5.74) is 7.00. The van der Waals surface area contributed by atoms with Gasteiger partial charge in [0.15, 0.2) is 17.0 Å². The van der Waals surface area contributed by atoms with Gasteiger partial charge >= 0.3 is 13.7 Å². The van der Waals surface area contributed by atoms with Gasteiger partial charge in [-0.05, 0) is 39.3 Å². The van der Waals surface area contributed by atoms with Crippen LogP contribution in [0.15, 0.2) is 36.7 Å². The molecule has 0 amide bonds. The molecule has 38 heavy (non-hydrogen) atoms. The molecule has 4 N–H and O–H groups in total. The molecule has 1 aliphatic rings. The van der Waals surface area contributed by atoms with Gasteiger partial charge < -0.3 is 25.0 Å². The molecule has 3 heterocycles. The minimum absolute atomic E-state index is 0.0462. The maximum atomic E-state index is 13.7. The Hall–Kier alpha value is -3.25. The topological polar surface area (TPSA) is 165 Å². The van der Waals surface area contributed by atoms with Gasteiger partial charge in [-0.2, -0.15) is 15.1 Å². The molecule has 0 spiro atoms. The van der Waals surface area contributed by atoms with Gasteiger partial charge in [-0.25, -0.2) is 9.55 Å². The molecule has 0 aliphatic carbocycles. The minimum atomic E-state index is -4.00. The summed E-state index contributed by atoms with van der Waals surface area (Å²) in [6, 6.07) is 7.65. The molecule has 0 bridgehead atoms. The number of fused-ring (bicyclic) bond motifs is 1. The highest BCUT2D eigenvalue weighted by Gasteiger charge is 2.38. The SMILES string of the molecule is CNc1nc(N)nc2c1ncn2[C@@H]1O[C@H](CO[P@@](=O)(N[C@H](C)C(=O)OC(C)C)Oc2ccccc2)C[C@@H]1C. The van der Waals surface area contributed by atoms with Gasteiger partial charge in [0.25, 0.3) is 0 Å². The largest absolute Gasteiger partial charge is 0.462 e. The summed E-state index contributed by atoms with van der Waals surface area (Å²) < 4.78 is 38.6. The molecule has 4 rings (SSSR count). The molecule has 5 atom stereocenters. The Labute approximate surface area is 221 Å². The zero-order valence-electron chi connectivity index (χ0n) is 22.0. The van der Waals surface area contributed by atoms with Crippen LogP contribution in [-0.4, -0.2) is 57.4 Å². The number of nitrogens with one attached hydrogen (secondary N) is 2. The van der Waals surface area contributed by atoms with Crippen LogP contribution in [0.4, 0.5) is 11.8 Å². The van der Waals surface area contributed by atoms with Crippen molar-refractivity contribution in [2.75, 3.05) is 24.7 Å². The van der Waals surface area contributed by atoms with Gasteiger partial charge in [0, 0.05) is 13.0 Å². The molecule has 1 aromatic carbocycles. The number of aromatic nitrogens is 4. The number of hydrogen-bond donors (Lipinski definition) is 3. The van der Waals surface area contributed by atoms with Gasteiger partial charge in [0.05, 0.1) is 25.1 Å². The lowest BCUT2D eigenvalue weighted by molar-refractivity contribution is -0.149. The van der Waals surface area contributed by atoms with Crippen molar-refractivity contribution >= 4 is 36.6 Å². The van der Waals surface area contributed by atoms with Crippen molar-refractivity contribution in [1.82, 2.24) is 24.6 Å². The average Bonchev–Trinajstić information content (AvgIpc) is 3.45. The van der Waals surface area contributed by atoms with Crippen LogP contribution < -0.4 is 20.7 Å². The quantitative estimate of drug-likeness (QED) is 0.237. The Bertz CT molecular complexity index is 1300. The minimum Gasteiger partial charge on any atom is -0.462 e. The van der Waals surface area contributed by atoms with Gasteiger partial charge in [-0.1, -0.05) is 25.1 Å². The van der Waals surface area contributed by atoms with Crippen LogP contribution in [0.3, 0.4) is 0 Å². The summed E-state index contributed by atoms with van der Waals surface area (Å²) in [6.45, 7) is 6.99. The van der Waals surface area contributed by atoms with Crippen LogP contribution in [0.1, 0.15) is 40.3 Å². The molecule has 14 heteroatoms. The molecule has 0 saturated carbocycles. The first-order valence-electron chi connectivity index (χ1n) is 12.4. The number of hydrogen-bond acceptors (Lipinski definition) is 11. The number of ether oxygens (including phenoxy) is 2. The fourth-order valence-electron chi connectivity index (χ4n) is 4.17. The number of carbonyl (C=O) groups is 1. The summed E-state index contributed by atoms with van der Waals surface area (Å²) in [7, 11) is -2.27. The highest BCUT2D eigenvalue weighted by molar-refractivity contribution is 7.52. The third-order valence-electron chi connectivity index (χ3n) is 5.86. The molecule has 1 aliphatic heterocycles. The van der Waals surface area contributed by atoms with E-state index in [4.69, 9.17) is 24.3 Å². The number of imidazole rings is 1. The summed E-state index contributed by atoms with van der Waals surface area (Å²) in [6.07, 6.45) is 1.10.